The first-order valence-corrected chi connectivity index (χ1v) is 6.51. The van der Waals surface area contributed by atoms with Crippen LogP contribution in [0, 0.1) is 21.7 Å². The highest BCUT2D eigenvalue weighted by Crippen LogP contribution is 2.26. The standard InChI is InChI=1S/C12H9F2N3O3S/c13-6-4-7(14)9(17(19)20)5-8(6)16-12(18)11(15)10-2-1-3-21-10/h1-5,11H,15H2,(H,16,18). The summed E-state index contributed by atoms with van der Waals surface area (Å²) >= 11 is 1.24. The van der Waals surface area contributed by atoms with Crippen molar-refractivity contribution < 1.29 is 18.5 Å². The molecule has 0 spiro atoms. The molecule has 110 valence electrons. The van der Waals surface area contributed by atoms with E-state index >= 15 is 0 Å². The molecule has 0 bridgehead atoms. The number of nitrogens with one attached hydrogen (secondary N) is 1. The predicted octanol–water partition coefficient (Wildman–Crippen LogP) is 2.57. The third-order valence-electron chi connectivity index (χ3n) is 2.62. The molecule has 2 aromatic rings. The van der Waals surface area contributed by atoms with Gasteiger partial charge in [0.2, 0.25) is 11.7 Å². The number of amides is 1. The summed E-state index contributed by atoms with van der Waals surface area (Å²) in [5.41, 5.74) is 4.24. The van der Waals surface area contributed by atoms with Gasteiger partial charge in [-0.3, -0.25) is 14.9 Å². The normalized spacial score (nSPS) is 12.0. The quantitative estimate of drug-likeness (QED) is 0.669. The number of carbonyl (C=O) groups excluding carboxylic acids is 1. The first kappa shape index (κ1) is 15.0. The number of nitrogens with two attached hydrogens (primary N) is 1. The smallest absolute Gasteiger partial charge is 0.307 e. The van der Waals surface area contributed by atoms with Crippen molar-refractivity contribution >= 4 is 28.6 Å². The van der Waals surface area contributed by atoms with E-state index in [1.807, 2.05) is 0 Å². The highest BCUT2D eigenvalue weighted by Gasteiger charge is 2.22. The van der Waals surface area contributed by atoms with Crippen LogP contribution in [0.25, 0.3) is 0 Å². The summed E-state index contributed by atoms with van der Waals surface area (Å²) in [6.45, 7) is 0. The monoisotopic (exact) mass is 313 g/mol. The Kier molecular flexibility index (Phi) is 4.24. The van der Waals surface area contributed by atoms with Gasteiger partial charge in [-0.1, -0.05) is 6.07 Å². The van der Waals surface area contributed by atoms with Crippen molar-refractivity contribution in [2.75, 3.05) is 5.32 Å². The molecule has 2 rings (SSSR count). The molecule has 1 atom stereocenters. The molecule has 0 radical (unpaired) electrons. The van der Waals surface area contributed by atoms with Crippen molar-refractivity contribution in [2.24, 2.45) is 5.73 Å². The Morgan fingerprint density at radius 1 is 1.38 bits per heavy atom. The number of hydrogen-bond donors (Lipinski definition) is 2. The lowest BCUT2D eigenvalue weighted by Crippen LogP contribution is -2.27. The zero-order valence-electron chi connectivity index (χ0n) is 10.4. The first-order valence-electron chi connectivity index (χ1n) is 5.63. The van der Waals surface area contributed by atoms with Crippen LogP contribution in [0.4, 0.5) is 20.2 Å². The Bertz CT molecular complexity index is 691. The fourth-order valence-corrected chi connectivity index (χ4v) is 2.31. The minimum absolute atomic E-state index is 0.338. The predicted molar refractivity (Wildman–Crippen MR) is 72.9 cm³/mol. The number of nitro groups is 1. The lowest BCUT2D eigenvalue weighted by molar-refractivity contribution is -0.387. The minimum atomic E-state index is -1.32. The fourth-order valence-electron chi connectivity index (χ4n) is 1.58. The molecule has 6 nitrogen and oxygen atoms in total. The van der Waals surface area contributed by atoms with Crippen molar-refractivity contribution in [3.05, 3.63) is 56.3 Å². The lowest BCUT2D eigenvalue weighted by atomic mass is 10.2. The van der Waals surface area contributed by atoms with Crippen LogP contribution >= 0.6 is 11.3 Å². The van der Waals surface area contributed by atoms with Gasteiger partial charge in [0.1, 0.15) is 11.9 Å². The van der Waals surface area contributed by atoms with E-state index in [1.165, 1.54) is 11.3 Å². The lowest BCUT2D eigenvalue weighted by Gasteiger charge is -2.11. The molecule has 21 heavy (non-hydrogen) atoms. The van der Waals surface area contributed by atoms with Gasteiger partial charge in [-0.2, -0.15) is 4.39 Å². The Hall–Kier alpha value is -2.39. The third-order valence-corrected chi connectivity index (χ3v) is 3.58. The Morgan fingerprint density at radius 2 is 2.10 bits per heavy atom. The summed E-state index contributed by atoms with van der Waals surface area (Å²) in [5.74, 6) is -3.19. The second-order valence-electron chi connectivity index (χ2n) is 4.02. The average molecular weight is 313 g/mol. The highest BCUT2D eigenvalue weighted by atomic mass is 32.1. The second-order valence-corrected chi connectivity index (χ2v) is 5.00. The minimum Gasteiger partial charge on any atom is -0.322 e. The molecule has 1 aromatic heterocycles. The third kappa shape index (κ3) is 3.20. The van der Waals surface area contributed by atoms with Crippen LogP contribution in [0.1, 0.15) is 10.9 Å². The number of nitrogens with zero attached hydrogens (tertiary/aromatic N) is 1. The summed E-state index contributed by atoms with van der Waals surface area (Å²) in [6, 6.07) is 3.22. The maximum Gasteiger partial charge on any atom is 0.307 e. The second kappa shape index (κ2) is 5.94. The number of halogens is 2. The zero-order chi connectivity index (χ0) is 15.6. The van der Waals surface area contributed by atoms with Crippen molar-refractivity contribution in [1.29, 1.82) is 0 Å². The van der Waals surface area contributed by atoms with Gasteiger partial charge in [-0.15, -0.1) is 11.3 Å². The van der Waals surface area contributed by atoms with E-state index in [9.17, 15) is 23.7 Å². The molecule has 0 fully saturated rings. The number of carbonyl (C=O) groups is 1. The number of anilines is 1. The van der Waals surface area contributed by atoms with Gasteiger partial charge in [-0.05, 0) is 11.4 Å². The van der Waals surface area contributed by atoms with Crippen LogP contribution in [-0.4, -0.2) is 10.8 Å². The molecule has 9 heteroatoms. The molecule has 1 heterocycles. The van der Waals surface area contributed by atoms with Gasteiger partial charge >= 0.3 is 5.69 Å². The highest BCUT2D eigenvalue weighted by molar-refractivity contribution is 7.10. The van der Waals surface area contributed by atoms with E-state index in [-0.39, 0.29) is 0 Å². The molecule has 0 aliphatic rings. The van der Waals surface area contributed by atoms with Crippen LogP contribution in [0.2, 0.25) is 0 Å². The maximum absolute atomic E-state index is 13.5. The van der Waals surface area contributed by atoms with Crippen LogP contribution < -0.4 is 11.1 Å². The van der Waals surface area contributed by atoms with Crippen molar-refractivity contribution in [3.63, 3.8) is 0 Å². The van der Waals surface area contributed by atoms with E-state index in [2.05, 4.69) is 5.32 Å². The zero-order valence-corrected chi connectivity index (χ0v) is 11.2. The Morgan fingerprint density at radius 3 is 2.67 bits per heavy atom. The molecule has 1 unspecified atom stereocenters. The summed E-state index contributed by atoms with van der Waals surface area (Å²) in [6.07, 6.45) is 0. The van der Waals surface area contributed by atoms with Crippen molar-refractivity contribution in [3.8, 4) is 0 Å². The van der Waals surface area contributed by atoms with Gasteiger partial charge in [0.15, 0.2) is 0 Å². The topological polar surface area (TPSA) is 98.3 Å². The Labute approximate surface area is 121 Å². The number of nitro benzene ring substituents is 1. The first-order chi connectivity index (χ1) is 9.90. The van der Waals surface area contributed by atoms with Crippen LogP contribution in [0.15, 0.2) is 29.6 Å². The van der Waals surface area contributed by atoms with Gasteiger partial charge in [-0.25, -0.2) is 4.39 Å². The molecule has 1 amide bonds. The van der Waals surface area contributed by atoms with Crippen LogP contribution in [-0.2, 0) is 4.79 Å². The van der Waals surface area contributed by atoms with E-state index in [1.54, 1.807) is 17.5 Å². The SMILES string of the molecule is NC(C(=O)Nc1cc([N+](=O)[O-])c(F)cc1F)c1cccs1. The number of benzene rings is 1. The van der Waals surface area contributed by atoms with Crippen molar-refractivity contribution in [2.45, 2.75) is 6.04 Å². The maximum atomic E-state index is 13.5. The molecule has 0 aliphatic carbocycles. The molecular weight excluding hydrogens is 304 g/mol. The molecule has 0 aliphatic heterocycles. The molecule has 0 saturated heterocycles. The van der Waals surface area contributed by atoms with Gasteiger partial charge < -0.3 is 11.1 Å². The molecule has 1 aromatic carbocycles. The van der Waals surface area contributed by atoms with Gasteiger partial charge in [0.05, 0.1) is 10.6 Å². The van der Waals surface area contributed by atoms with E-state index in [4.69, 9.17) is 5.73 Å². The van der Waals surface area contributed by atoms with Crippen molar-refractivity contribution in [1.82, 2.24) is 0 Å². The largest absolute Gasteiger partial charge is 0.322 e. The molecular formula is C12H9F2N3O3S. The van der Waals surface area contributed by atoms with Gasteiger partial charge in [0.25, 0.3) is 0 Å². The number of thiophene rings is 1. The molecule has 3 N–H and O–H groups in total. The van der Waals surface area contributed by atoms with E-state index < -0.39 is 39.9 Å². The number of hydrogen-bond acceptors (Lipinski definition) is 5. The van der Waals surface area contributed by atoms with Crippen LogP contribution in [0.3, 0.4) is 0 Å². The Balaban J connectivity index is 2.25. The summed E-state index contributed by atoms with van der Waals surface area (Å²) in [7, 11) is 0. The van der Waals surface area contributed by atoms with Crippen LogP contribution in [0.5, 0.6) is 0 Å². The fraction of sp³-hybridized carbons (Fsp3) is 0.0833. The van der Waals surface area contributed by atoms with E-state index in [0.717, 1.165) is 0 Å². The van der Waals surface area contributed by atoms with E-state index in [0.29, 0.717) is 17.0 Å². The average Bonchev–Trinajstić information content (AvgIpc) is 2.94. The molecule has 0 saturated carbocycles. The summed E-state index contributed by atoms with van der Waals surface area (Å²) in [5, 5.41) is 14.4. The summed E-state index contributed by atoms with van der Waals surface area (Å²) < 4.78 is 26.7. The summed E-state index contributed by atoms with van der Waals surface area (Å²) in [4.78, 5) is 22.0. The number of rotatable bonds is 4. The van der Waals surface area contributed by atoms with Gasteiger partial charge in [0, 0.05) is 17.0 Å².